The van der Waals surface area contributed by atoms with E-state index < -0.39 is 0 Å². The van der Waals surface area contributed by atoms with Crippen molar-refractivity contribution in [1.29, 1.82) is 0 Å². The molecule has 0 spiro atoms. The first-order chi connectivity index (χ1) is 9.05. The van der Waals surface area contributed by atoms with E-state index in [-0.39, 0.29) is 0 Å². The first-order valence-electron chi connectivity index (χ1n) is 6.95. The van der Waals surface area contributed by atoms with Gasteiger partial charge in [0.15, 0.2) is 0 Å². The highest BCUT2D eigenvalue weighted by Gasteiger charge is 2.30. The van der Waals surface area contributed by atoms with Crippen molar-refractivity contribution in [3.63, 3.8) is 0 Å². The average molecular weight is 255 g/mol. The second-order valence-electron chi connectivity index (χ2n) is 6.35. The summed E-state index contributed by atoms with van der Waals surface area (Å²) in [6.07, 6.45) is 5.54. The minimum absolute atomic E-state index is 0.458. The number of nitrogens with zero attached hydrogens (tertiary/aromatic N) is 1. The Labute approximate surface area is 114 Å². The monoisotopic (exact) mass is 255 g/mol. The average Bonchev–Trinajstić information content (AvgIpc) is 2.73. The van der Waals surface area contributed by atoms with Crippen LogP contribution in [0.5, 0.6) is 0 Å². The Kier molecular flexibility index (Phi) is 2.85. The molecule has 1 saturated carbocycles. The fraction of sp³-hybridized carbons (Fsp3) is 0.438. The summed E-state index contributed by atoms with van der Waals surface area (Å²) in [5.41, 5.74) is 9.23. The number of benzene rings is 1. The molecule has 3 N–H and O–H groups in total. The number of hydrogen-bond acceptors (Lipinski definition) is 3. The molecule has 0 saturated heterocycles. The summed E-state index contributed by atoms with van der Waals surface area (Å²) >= 11 is 0. The van der Waals surface area contributed by atoms with Gasteiger partial charge in [-0.3, -0.25) is 4.98 Å². The normalized spacial score (nSPS) is 21.7. The number of nitrogens with two attached hydrogens (primary N) is 1. The SMILES string of the molecule is CC1(C)CCC(Nc2ccc(N)c3ncccc23)C1. The van der Waals surface area contributed by atoms with E-state index in [2.05, 4.69) is 36.3 Å². The van der Waals surface area contributed by atoms with Crippen LogP contribution in [0.4, 0.5) is 11.4 Å². The maximum atomic E-state index is 5.99. The van der Waals surface area contributed by atoms with Gasteiger partial charge in [-0.05, 0) is 48.9 Å². The molecule has 3 nitrogen and oxygen atoms in total. The van der Waals surface area contributed by atoms with Crippen LogP contribution >= 0.6 is 0 Å². The molecule has 19 heavy (non-hydrogen) atoms. The van der Waals surface area contributed by atoms with Gasteiger partial charge in [0.05, 0.1) is 11.2 Å². The highest BCUT2D eigenvalue weighted by atomic mass is 14.9. The summed E-state index contributed by atoms with van der Waals surface area (Å²) in [5.74, 6) is 0. The molecule has 100 valence electrons. The molecule has 1 aliphatic rings. The second-order valence-corrected chi connectivity index (χ2v) is 6.35. The maximum absolute atomic E-state index is 5.99. The van der Waals surface area contributed by atoms with Crippen LogP contribution in [0.15, 0.2) is 30.5 Å². The van der Waals surface area contributed by atoms with Crippen LogP contribution in [0.25, 0.3) is 10.9 Å². The quantitative estimate of drug-likeness (QED) is 0.802. The summed E-state index contributed by atoms with van der Waals surface area (Å²) in [7, 11) is 0. The minimum atomic E-state index is 0.458. The highest BCUT2D eigenvalue weighted by molar-refractivity contribution is 5.98. The Morgan fingerprint density at radius 3 is 2.89 bits per heavy atom. The number of aromatic nitrogens is 1. The zero-order valence-corrected chi connectivity index (χ0v) is 11.6. The molecule has 0 aliphatic heterocycles. The second kappa shape index (κ2) is 4.41. The van der Waals surface area contributed by atoms with Crippen molar-refractivity contribution in [3.05, 3.63) is 30.5 Å². The smallest absolute Gasteiger partial charge is 0.0951 e. The van der Waals surface area contributed by atoms with E-state index in [1.807, 2.05) is 12.1 Å². The number of fused-ring (bicyclic) bond motifs is 1. The van der Waals surface area contributed by atoms with Crippen molar-refractivity contribution in [2.75, 3.05) is 11.1 Å². The van der Waals surface area contributed by atoms with E-state index in [0.29, 0.717) is 11.5 Å². The van der Waals surface area contributed by atoms with Crippen LogP contribution in [0.3, 0.4) is 0 Å². The number of anilines is 2. The molecular formula is C16H21N3. The van der Waals surface area contributed by atoms with Crippen LogP contribution in [0.2, 0.25) is 0 Å². The molecular weight excluding hydrogens is 234 g/mol. The molecule has 1 fully saturated rings. The molecule has 1 aromatic heterocycles. The molecule has 3 rings (SSSR count). The minimum Gasteiger partial charge on any atom is -0.397 e. The third-order valence-electron chi connectivity index (χ3n) is 4.13. The standard InChI is InChI=1S/C16H21N3/c1-16(2)8-7-11(10-16)19-14-6-5-13(17)15-12(14)4-3-9-18-15/h3-6,9,11,19H,7-8,10,17H2,1-2H3. The van der Waals surface area contributed by atoms with E-state index in [1.165, 1.54) is 19.3 Å². The zero-order chi connectivity index (χ0) is 13.5. The fourth-order valence-corrected chi connectivity index (χ4v) is 3.10. The molecule has 0 radical (unpaired) electrons. The van der Waals surface area contributed by atoms with Gasteiger partial charge in [-0.2, -0.15) is 0 Å². The Balaban J connectivity index is 1.92. The predicted octanol–water partition coefficient (Wildman–Crippen LogP) is 3.81. The van der Waals surface area contributed by atoms with Crippen LogP contribution in [0.1, 0.15) is 33.1 Å². The van der Waals surface area contributed by atoms with Crippen LogP contribution in [0, 0.1) is 5.41 Å². The van der Waals surface area contributed by atoms with Crippen LogP contribution in [-0.2, 0) is 0 Å². The summed E-state index contributed by atoms with van der Waals surface area (Å²) in [6, 6.07) is 8.62. The fourth-order valence-electron chi connectivity index (χ4n) is 3.10. The molecule has 3 heteroatoms. The molecule has 1 atom stereocenters. The van der Waals surface area contributed by atoms with Crippen molar-refractivity contribution in [3.8, 4) is 0 Å². The third kappa shape index (κ3) is 2.37. The summed E-state index contributed by atoms with van der Waals surface area (Å²) in [5, 5.41) is 4.79. The highest BCUT2D eigenvalue weighted by Crippen LogP contribution is 2.39. The first kappa shape index (κ1) is 12.3. The third-order valence-corrected chi connectivity index (χ3v) is 4.13. The Bertz CT molecular complexity index is 604. The van der Waals surface area contributed by atoms with Gasteiger partial charge in [0.2, 0.25) is 0 Å². The van der Waals surface area contributed by atoms with E-state index >= 15 is 0 Å². The van der Waals surface area contributed by atoms with Crippen molar-refractivity contribution in [1.82, 2.24) is 4.98 Å². The van der Waals surface area contributed by atoms with Gasteiger partial charge in [-0.1, -0.05) is 13.8 Å². The summed E-state index contributed by atoms with van der Waals surface area (Å²) in [4.78, 5) is 4.38. The molecule has 2 aromatic rings. The van der Waals surface area contributed by atoms with Crippen molar-refractivity contribution < 1.29 is 0 Å². The number of hydrogen-bond donors (Lipinski definition) is 2. The molecule has 1 heterocycles. The number of nitrogens with one attached hydrogen (secondary N) is 1. The topological polar surface area (TPSA) is 50.9 Å². The molecule has 1 unspecified atom stereocenters. The molecule has 1 aliphatic carbocycles. The number of rotatable bonds is 2. The molecule has 0 amide bonds. The lowest BCUT2D eigenvalue weighted by atomic mass is 9.92. The lowest BCUT2D eigenvalue weighted by Crippen LogP contribution is -2.17. The van der Waals surface area contributed by atoms with Gasteiger partial charge in [0.1, 0.15) is 0 Å². The molecule has 0 bridgehead atoms. The van der Waals surface area contributed by atoms with Gasteiger partial charge in [-0.15, -0.1) is 0 Å². The first-order valence-corrected chi connectivity index (χ1v) is 6.95. The Hall–Kier alpha value is -1.77. The summed E-state index contributed by atoms with van der Waals surface area (Å²) < 4.78 is 0. The van der Waals surface area contributed by atoms with E-state index in [4.69, 9.17) is 5.73 Å². The van der Waals surface area contributed by atoms with Gasteiger partial charge in [0.25, 0.3) is 0 Å². The Morgan fingerprint density at radius 2 is 2.16 bits per heavy atom. The van der Waals surface area contributed by atoms with Crippen LogP contribution < -0.4 is 11.1 Å². The number of pyridine rings is 1. The number of nitrogen functional groups attached to an aromatic ring is 1. The van der Waals surface area contributed by atoms with E-state index in [0.717, 1.165) is 22.3 Å². The van der Waals surface area contributed by atoms with E-state index in [1.54, 1.807) is 6.20 Å². The van der Waals surface area contributed by atoms with Gasteiger partial charge in [0, 0.05) is 23.3 Å². The van der Waals surface area contributed by atoms with Crippen LogP contribution in [-0.4, -0.2) is 11.0 Å². The van der Waals surface area contributed by atoms with Gasteiger partial charge in [-0.25, -0.2) is 0 Å². The lowest BCUT2D eigenvalue weighted by Gasteiger charge is -2.19. The lowest BCUT2D eigenvalue weighted by molar-refractivity contribution is 0.378. The van der Waals surface area contributed by atoms with E-state index in [9.17, 15) is 0 Å². The predicted molar refractivity (Wildman–Crippen MR) is 81.2 cm³/mol. The zero-order valence-electron chi connectivity index (χ0n) is 11.6. The molecule has 1 aromatic carbocycles. The van der Waals surface area contributed by atoms with Gasteiger partial charge < -0.3 is 11.1 Å². The van der Waals surface area contributed by atoms with Gasteiger partial charge >= 0.3 is 0 Å². The maximum Gasteiger partial charge on any atom is 0.0951 e. The largest absolute Gasteiger partial charge is 0.397 e. The van der Waals surface area contributed by atoms with Crippen molar-refractivity contribution in [2.24, 2.45) is 5.41 Å². The Morgan fingerprint density at radius 1 is 1.32 bits per heavy atom. The van der Waals surface area contributed by atoms with Crippen molar-refractivity contribution >= 4 is 22.3 Å². The van der Waals surface area contributed by atoms with Crippen molar-refractivity contribution in [2.45, 2.75) is 39.2 Å². The summed E-state index contributed by atoms with van der Waals surface area (Å²) in [6.45, 7) is 4.69.